The molecule has 4 bridgehead atoms. The average molecular weight is 292 g/mol. The second-order valence-electron chi connectivity index (χ2n) is 8.14. The molecule has 116 valence electrons. The molecule has 5 aliphatic rings. The minimum Gasteiger partial charge on any atom is -0.469 e. The third-order valence-corrected chi connectivity index (χ3v) is 6.29. The molecule has 1 N–H and O–H groups in total. The Morgan fingerprint density at radius 1 is 1.24 bits per heavy atom. The molecule has 4 aliphatic carbocycles. The van der Waals surface area contributed by atoms with Crippen molar-refractivity contribution >= 4 is 11.9 Å². The summed E-state index contributed by atoms with van der Waals surface area (Å²) in [7, 11) is 1.50. The Kier molecular flexibility index (Phi) is 2.58. The highest BCUT2D eigenvalue weighted by Gasteiger charge is 2.63. The van der Waals surface area contributed by atoms with Crippen LogP contribution in [0.15, 0.2) is 0 Å². The summed E-state index contributed by atoms with van der Waals surface area (Å²) < 4.78 is 5.09. The van der Waals surface area contributed by atoms with Crippen molar-refractivity contribution < 1.29 is 14.3 Å². The van der Waals surface area contributed by atoms with E-state index in [4.69, 9.17) is 4.74 Å². The first-order valence-electron chi connectivity index (χ1n) is 8.06. The Hall–Kier alpha value is -1.10. The van der Waals surface area contributed by atoms with Gasteiger partial charge in [-0.15, -0.1) is 0 Å². The highest BCUT2D eigenvalue weighted by Crippen LogP contribution is 2.61. The second kappa shape index (κ2) is 4.00. The van der Waals surface area contributed by atoms with Crippen molar-refractivity contribution in [3.8, 4) is 0 Å². The maximum Gasteiger partial charge on any atom is 0.311 e. The van der Waals surface area contributed by atoms with E-state index in [0.29, 0.717) is 17.8 Å². The van der Waals surface area contributed by atoms with Crippen molar-refractivity contribution in [2.75, 3.05) is 7.11 Å². The fourth-order valence-corrected chi connectivity index (χ4v) is 5.74. The summed E-state index contributed by atoms with van der Waals surface area (Å²) >= 11 is 0. The first kappa shape index (κ1) is 13.6. The molecular weight excluding hydrogens is 268 g/mol. The molecule has 0 radical (unpaired) electrons. The van der Waals surface area contributed by atoms with Gasteiger partial charge in [0.25, 0.3) is 5.91 Å². The summed E-state index contributed by atoms with van der Waals surface area (Å²) in [5.41, 5.74) is 2.64. The lowest BCUT2D eigenvalue weighted by molar-refractivity contribution is -0.198. The summed E-state index contributed by atoms with van der Waals surface area (Å²) in [5, 5.41) is 1.87. The van der Waals surface area contributed by atoms with Crippen LogP contribution in [0.25, 0.3) is 0 Å². The first-order valence-corrected chi connectivity index (χ1v) is 8.06. The SMILES string of the molecule is COC(=O)C12CC3C[C@H](C1)C(N1NC(C)(C)C1=O)[C@H](C3)C2. The zero-order valence-corrected chi connectivity index (χ0v) is 13.0. The van der Waals surface area contributed by atoms with Gasteiger partial charge in [0, 0.05) is 0 Å². The van der Waals surface area contributed by atoms with Gasteiger partial charge in [-0.25, -0.2) is 5.43 Å². The Balaban J connectivity index is 1.59. The highest BCUT2D eigenvalue weighted by atomic mass is 16.5. The Labute approximate surface area is 125 Å². The summed E-state index contributed by atoms with van der Waals surface area (Å²) in [6.07, 6.45) is 5.09. The minimum atomic E-state index is -0.422. The molecule has 4 saturated carbocycles. The van der Waals surface area contributed by atoms with Crippen molar-refractivity contribution in [3.63, 3.8) is 0 Å². The molecule has 2 atom stereocenters. The van der Waals surface area contributed by atoms with Crippen LogP contribution in [0, 0.1) is 23.2 Å². The number of esters is 1. The lowest BCUT2D eigenvalue weighted by atomic mass is 9.47. The van der Waals surface area contributed by atoms with Gasteiger partial charge in [0.2, 0.25) is 0 Å². The van der Waals surface area contributed by atoms with E-state index in [2.05, 4.69) is 5.43 Å². The summed E-state index contributed by atoms with van der Waals surface area (Å²) in [6, 6.07) is 0.278. The van der Waals surface area contributed by atoms with E-state index in [-0.39, 0.29) is 23.3 Å². The third-order valence-electron chi connectivity index (χ3n) is 6.29. The lowest BCUT2D eigenvalue weighted by Gasteiger charge is -2.63. The van der Waals surface area contributed by atoms with E-state index in [0.717, 1.165) is 32.1 Å². The van der Waals surface area contributed by atoms with E-state index in [9.17, 15) is 9.59 Å². The highest BCUT2D eigenvalue weighted by molar-refractivity contribution is 5.90. The van der Waals surface area contributed by atoms with Gasteiger partial charge >= 0.3 is 5.97 Å². The molecule has 0 spiro atoms. The Morgan fingerprint density at radius 3 is 2.33 bits per heavy atom. The van der Waals surface area contributed by atoms with Crippen LogP contribution in [-0.4, -0.2) is 35.6 Å². The molecule has 0 unspecified atom stereocenters. The topological polar surface area (TPSA) is 58.6 Å². The third kappa shape index (κ3) is 1.67. The maximum absolute atomic E-state index is 12.3. The van der Waals surface area contributed by atoms with E-state index in [1.807, 2.05) is 18.9 Å². The van der Waals surface area contributed by atoms with Crippen LogP contribution < -0.4 is 5.43 Å². The van der Waals surface area contributed by atoms with E-state index in [1.165, 1.54) is 7.11 Å². The average Bonchev–Trinajstić information content (AvgIpc) is 2.43. The van der Waals surface area contributed by atoms with Gasteiger partial charge in [-0.3, -0.25) is 14.6 Å². The van der Waals surface area contributed by atoms with Crippen molar-refractivity contribution in [3.05, 3.63) is 0 Å². The second-order valence-corrected chi connectivity index (χ2v) is 8.14. The number of nitrogens with one attached hydrogen (secondary N) is 1. The van der Waals surface area contributed by atoms with Crippen LogP contribution in [0.1, 0.15) is 46.0 Å². The largest absolute Gasteiger partial charge is 0.469 e. The lowest BCUT2D eigenvalue weighted by Crippen LogP contribution is -2.79. The normalized spacial score (nSPS) is 46.4. The fraction of sp³-hybridized carbons (Fsp3) is 0.875. The number of carbonyl (C=O) groups excluding carboxylic acids is 2. The number of nitrogens with zero attached hydrogens (tertiary/aromatic N) is 1. The number of rotatable bonds is 2. The van der Waals surface area contributed by atoms with Gasteiger partial charge in [-0.1, -0.05) is 0 Å². The molecule has 21 heavy (non-hydrogen) atoms. The van der Waals surface area contributed by atoms with Crippen LogP contribution in [0.4, 0.5) is 0 Å². The van der Waals surface area contributed by atoms with E-state index in [1.54, 1.807) is 0 Å². The standard InChI is InChI=1S/C16H24N2O3/c1-15(2)13(19)18(17-15)12-10-4-9-5-11(12)8-16(6-9,7-10)14(20)21-3/h9-12,17H,4-8H2,1-3H3/t9?,10-,11-,12?,16?/m1/s1. The molecule has 1 amide bonds. The first-order chi connectivity index (χ1) is 9.86. The van der Waals surface area contributed by atoms with Gasteiger partial charge in [0.15, 0.2) is 0 Å². The predicted octanol–water partition coefficient (Wildman–Crippen LogP) is 1.48. The Bertz CT molecular complexity index is 500. The number of hydrazine groups is 1. The molecule has 5 fully saturated rings. The number of carbonyl (C=O) groups is 2. The van der Waals surface area contributed by atoms with Crippen molar-refractivity contribution in [1.82, 2.24) is 10.4 Å². The Morgan fingerprint density at radius 2 is 1.86 bits per heavy atom. The number of hydrogen-bond acceptors (Lipinski definition) is 4. The van der Waals surface area contributed by atoms with E-state index < -0.39 is 5.54 Å². The summed E-state index contributed by atoms with van der Waals surface area (Å²) in [4.78, 5) is 24.6. The molecule has 0 aromatic heterocycles. The predicted molar refractivity (Wildman–Crippen MR) is 75.9 cm³/mol. The molecular formula is C16H24N2O3. The zero-order chi connectivity index (χ0) is 15.0. The molecule has 5 nitrogen and oxygen atoms in total. The van der Waals surface area contributed by atoms with Gasteiger partial charge in [-0.2, -0.15) is 0 Å². The van der Waals surface area contributed by atoms with Crippen LogP contribution in [0.5, 0.6) is 0 Å². The van der Waals surface area contributed by atoms with Gasteiger partial charge in [0.05, 0.1) is 18.6 Å². The van der Waals surface area contributed by atoms with E-state index >= 15 is 0 Å². The number of methoxy groups -OCH3 is 1. The zero-order valence-electron chi connectivity index (χ0n) is 13.0. The monoisotopic (exact) mass is 292 g/mol. The van der Waals surface area contributed by atoms with Crippen molar-refractivity contribution in [2.45, 2.75) is 57.5 Å². The number of amides is 1. The number of hydrogen-bond donors (Lipinski definition) is 1. The number of ether oxygens (including phenoxy) is 1. The van der Waals surface area contributed by atoms with Crippen LogP contribution in [0.3, 0.4) is 0 Å². The molecule has 0 aromatic rings. The van der Waals surface area contributed by atoms with Crippen LogP contribution in [-0.2, 0) is 14.3 Å². The summed E-state index contributed by atoms with van der Waals surface area (Å²) in [5.74, 6) is 1.71. The molecule has 1 heterocycles. The molecule has 1 saturated heterocycles. The van der Waals surface area contributed by atoms with Crippen LogP contribution in [0.2, 0.25) is 0 Å². The molecule has 1 aliphatic heterocycles. The van der Waals surface area contributed by atoms with Crippen molar-refractivity contribution in [2.24, 2.45) is 23.2 Å². The molecule has 5 heteroatoms. The van der Waals surface area contributed by atoms with Gasteiger partial charge in [0.1, 0.15) is 5.54 Å². The fourth-order valence-electron chi connectivity index (χ4n) is 5.74. The van der Waals surface area contributed by atoms with Gasteiger partial charge < -0.3 is 4.74 Å². The maximum atomic E-state index is 12.3. The summed E-state index contributed by atoms with van der Waals surface area (Å²) in [6.45, 7) is 3.86. The van der Waals surface area contributed by atoms with Gasteiger partial charge in [-0.05, 0) is 63.7 Å². The smallest absolute Gasteiger partial charge is 0.311 e. The van der Waals surface area contributed by atoms with Crippen molar-refractivity contribution in [1.29, 1.82) is 0 Å². The quantitative estimate of drug-likeness (QED) is 0.783. The minimum absolute atomic E-state index is 0.0245. The van der Waals surface area contributed by atoms with Crippen LogP contribution >= 0.6 is 0 Å². The molecule has 0 aromatic carbocycles. The molecule has 5 rings (SSSR count).